The van der Waals surface area contributed by atoms with Crippen LogP contribution in [0.15, 0.2) is 48.5 Å². The molecule has 1 aromatic heterocycles. The Morgan fingerprint density at radius 2 is 1.56 bits per heavy atom. The number of anilines is 2. The lowest BCUT2D eigenvalue weighted by atomic mass is 10.1. The second-order valence-electron chi connectivity index (χ2n) is 5.98. The van der Waals surface area contributed by atoms with Crippen molar-refractivity contribution in [3.8, 4) is 6.07 Å². The molecule has 3 aromatic rings. The predicted octanol–water partition coefficient (Wildman–Crippen LogP) is 2.97. The zero-order chi connectivity index (χ0) is 17.2. The molecular weight excluding hydrogens is 317 g/mol. The van der Waals surface area contributed by atoms with E-state index in [9.17, 15) is 9.65 Å². The second-order valence-corrected chi connectivity index (χ2v) is 5.98. The van der Waals surface area contributed by atoms with Crippen LogP contribution >= 0.6 is 0 Å². The van der Waals surface area contributed by atoms with E-state index in [4.69, 9.17) is 0 Å². The average molecular weight is 333 g/mol. The number of nitriles is 1. The highest BCUT2D eigenvalue weighted by Gasteiger charge is 2.22. The van der Waals surface area contributed by atoms with Crippen LogP contribution in [-0.4, -0.2) is 36.4 Å². The topological polar surface area (TPSA) is 56.1 Å². The molecule has 1 saturated heterocycles. The van der Waals surface area contributed by atoms with Gasteiger partial charge in [0.15, 0.2) is 5.69 Å². The highest BCUT2D eigenvalue weighted by Crippen LogP contribution is 2.29. The van der Waals surface area contributed by atoms with Crippen molar-refractivity contribution in [2.24, 2.45) is 0 Å². The number of halogens is 1. The van der Waals surface area contributed by atoms with Gasteiger partial charge in [-0.3, -0.25) is 0 Å². The fraction of sp³-hybridized carbons (Fsp3) is 0.211. The molecular formula is C19H16FN5. The monoisotopic (exact) mass is 333 g/mol. The summed E-state index contributed by atoms with van der Waals surface area (Å²) in [6, 6.07) is 16.5. The summed E-state index contributed by atoms with van der Waals surface area (Å²) in [6.45, 7) is 3.13. The van der Waals surface area contributed by atoms with Gasteiger partial charge in [-0.2, -0.15) is 5.26 Å². The maximum atomic E-state index is 13.1. The maximum Gasteiger partial charge on any atom is 0.187 e. The SMILES string of the molecule is N#Cc1nnc2ccccc2c1N1CCN(c2ccc(F)cc2)CC1. The van der Waals surface area contributed by atoms with Crippen molar-refractivity contribution in [3.63, 3.8) is 0 Å². The molecule has 4 rings (SSSR count). The first-order valence-corrected chi connectivity index (χ1v) is 8.17. The number of fused-ring (bicyclic) bond motifs is 1. The molecule has 0 bridgehead atoms. The second kappa shape index (κ2) is 6.36. The number of hydrogen-bond acceptors (Lipinski definition) is 5. The third-order valence-corrected chi connectivity index (χ3v) is 4.53. The summed E-state index contributed by atoms with van der Waals surface area (Å²) >= 11 is 0. The van der Waals surface area contributed by atoms with Crippen molar-refractivity contribution in [2.45, 2.75) is 0 Å². The van der Waals surface area contributed by atoms with Crippen molar-refractivity contribution in [1.29, 1.82) is 5.26 Å². The van der Waals surface area contributed by atoms with Crippen molar-refractivity contribution in [3.05, 3.63) is 60.0 Å². The van der Waals surface area contributed by atoms with Gasteiger partial charge < -0.3 is 9.80 Å². The van der Waals surface area contributed by atoms with E-state index in [2.05, 4.69) is 26.1 Å². The molecule has 0 spiro atoms. The number of nitrogens with zero attached hydrogens (tertiary/aromatic N) is 5. The molecule has 0 unspecified atom stereocenters. The van der Waals surface area contributed by atoms with Gasteiger partial charge in [-0.15, -0.1) is 10.2 Å². The van der Waals surface area contributed by atoms with Gasteiger partial charge in [0.1, 0.15) is 11.9 Å². The number of aromatic nitrogens is 2. The number of piperazine rings is 1. The van der Waals surface area contributed by atoms with Gasteiger partial charge in [-0.25, -0.2) is 4.39 Å². The third kappa shape index (κ3) is 2.85. The van der Waals surface area contributed by atoms with Gasteiger partial charge in [0.05, 0.1) is 11.2 Å². The molecule has 0 amide bonds. The molecule has 0 atom stereocenters. The van der Waals surface area contributed by atoms with Crippen molar-refractivity contribution >= 4 is 22.3 Å². The van der Waals surface area contributed by atoms with E-state index in [0.717, 1.165) is 48.5 Å². The first-order valence-electron chi connectivity index (χ1n) is 8.17. The van der Waals surface area contributed by atoms with Crippen LogP contribution in [0, 0.1) is 17.1 Å². The summed E-state index contributed by atoms with van der Waals surface area (Å²) in [7, 11) is 0. The zero-order valence-electron chi connectivity index (χ0n) is 13.6. The van der Waals surface area contributed by atoms with Crippen LogP contribution in [-0.2, 0) is 0 Å². The molecule has 2 aromatic carbocycles. The number of hydrogen-bond donors (Lipinski definition) is 0. The summed E-state index contributed by atoms with van der Waals surface area (Å²) in [5.74, 6) is -0.227. The standard InChI is InChI=1S/C19H16FN5/c20-14-5-7-15(8-6-14)24-9-11-25(12-10-24)19-16-3-1-2-4-17(16)22-23-18(19)13-21/h1-8H,9-12H2. The van der Waals surface area contributed by atoms with Crippen LogP contribution in [0.2, 0.25) is 0 Å². The van der Waals surface area contributed by atoms with Crippen LogP contribution in [0.5, 0.6) is 0 Å². The smallest absolute Gasteiger partial charge is 0.187 e. The molecule has 6 heteroatoms. The van der Waals surface area contributed by atoms with Gasteiger partial charge in [-0.1, -0.05) is 18.2 Å². The number of rotatable bonds is 2. The summed E-state index contributed by atoms with van der Waals surface area (Å²) in [4.78, 5) is 4.41. The third-order valence-electron chi connectivity index (χ3n) is 4.53. The van der Waals surface area contributed by atoms with E-state index >= 15 is 0 Å². The van der Waals surface area contributed by atoms with Crippen molar-refractivity contribution in [1.82, 2.24) is 10.2 Å². The van der Waals surface area contributed by atoms with E-state index in [0.29, 0.717) is 5.69 Å². The zero-order valence-corrected chi connectivity index (χ0v) is 13.6. The molecule has 25 heavy (non-hydrogen) atoms. The Balaban J connectivity index is 1.62. The molecule has 0 aliphatic carbocycles. The first kappa shape index (κ1) is 15.3. The fourth-order valence-corrected chi connectivity index (χ4v) is 3.28. The first-order chi connectivity index (χ1) is 12.3. The lowest BCUT2D eigenvalue weighted by molar-refractivity contribution is 0.624. The maximum absolute atomic E-state index is 13.1. The van der Waals surface area contributed by atoms with Crippen LogP contribution in [0.25, 0.3) is 10.9 Å². The van der Waals surface area contributed by atoms with E-state index in [1.165, 1.54) is 12.1 Å². The van der Waals surface area contributed by atoms with Crippen molar-refractivity contribution in [2.75, 3.05) is 36.0 Å². The Kier molecular flexibility index (Phi) is 3.90. The normalized spacial score (nSPS) is 14.6. The summed E-state index contributed by atoms with van der Waals surface area (Å²) in [6.07, 6.45) is 0. The summed E-state index contributed by atoms with van der Waals surface area (Å²) < 4.78 is 13.1. The minimum atomic E-state index is -0.227. The van der Waals surface area contributed by atoms with Gasteiger partial charge in [0.25, 0.3) is 0 Å². The highest BCUT2D eigenvalue weighted by molar-refractivity contribution is 5.93. The minimum Gasteiger partial charge on any atom is -0.368 e. The van der Waals surface area contributed by atoms with Crippen LogP contribution in [0.3, 0.4) is 0 Å². The Morgan fingerprint density at radius 1 is 0.880 bits per heavy atom. The molecule has 1 aliphatic heterocycles. The summed E-state index contributed by atoms with van der Waals surface area (Å²) in [5.41, 5.74) is 3.01. The quantitative estimate of drug-likeness (QED) is 0.722. The lowest BCUT2D eigenvalue weighted by Gasteiger charge is -2.37. The van der Waals surface area contributed by atoms with Gasteiger partial charge >= 0.3 is 0 Å². The Hall–Kier alpha value is -3.20. The molecule has 0 radical (unpaired) electrons. The van der Waals surface area contributed by atoms with Crippen LogP contribution < -0.4 is 9.80 Å². The van der Waals surface area contributed by atoms with Crippen molar-refractivity contribution < 1.29 is 4.39 Å². The molecule has 2 heterocycles. The average Bonchev–Trinajstić information content (AvgIpc) is 2.68. The van der Waals surface area contributed by atoms with Crippen LogP contribution in [0.4, 0.5) is 15.8 Å². The summed E-state index contributed by atoms with van der Waals surface area (Å²) in [5, 5.41) is 18.6. The largest absolute Gasteiger partial charge is 0.368 e. The fourth-order valence-electron chi connectivity index (χ4n) is 3.28. The molecule has 1 aliphatic rings. The molecule has 0 N–H and O–H groups in total. The molecule has 124 valence electrons. The Labute approximate surface area is 144 Å². The molecule has 1 fully saturated rings. The Bertz CT molecular complexity index is 940. The van der Waals surface area contributed by atoms with E-state index in [-0.39, 0.29) is 5.82 Å². The number of benzene rings is 2. The lowest BCUT2D eigenvalue weighted by Crippen LogP contribution is -2.47. The van der Waals surface area contributed by atoms with Gasteiger partial charge in [-0.05, 0) is 30.3 Å². The highest BCUT2D eigenvalue weighted by atomic mass is 19.1. The van der Waals surface area contributed by atoms with Crippen LogP contribution in [0.1, 0.15) is 5.69 Å². The predicted molar refractivity (Wildman–Crippen MR) is 95.1 cm³/mol. The van der Waals surface area contributed by atoms with Gasteiger partial charge in [0.2, 0.25) is 0 Å². The molecule has 5 nitrogen and oxygen atoms in total. The molecule has 0 saturated carbocycles. The Morgan fingerprint density at radius 3 is 2.28 bits per heavy atom. The minimum absolute atomic E-state index is 0.227. The van der Waals surface area contributed by atoms with E-state index in [1.807, 2.05) is 24.3 Å². The van der Waals surface area contributed by atoms with Gasteiger partial charge in [0, 0.05) is 37.3 Å². The van der Waals surface area contributed by atoms with E-state index in [1.54, 1.807) is 12.1 Å². The van der Waals surface area contributed by atoms with E-state index < -0.39 is 0 Å².